The highest BCUT2D eigenvalue weighted by Crippen LogP contribution is 2.26. The zero-order valence-electron chi connectivity index (χ0n) is 17.8. The maximum absolute atomic E-state index is 13.7. The highest BCUT2D eigenvalue weighted by atomic mass is 19.2. The number of hydrogen-bond donors (Lipinski definition) is 3. The van der Waals surface area contributed by atoms with Crippen molar-refractivity contribution in [2.45, 2.75) is 19.0 Å². The van der Waals surface area contributed by atoms with Crippen molar-refractivity contribution in [2.24, 2.45) is 0 Å². The molecule has 0 aliphatic carbocycles. The Morgan fingerprint density at radius 2 is 1.74 bits per heavy atom. The number of pyridine rings is 1. The summed E-state index contributed by atoms with van der Waals surface area (Å²) in [6.07, 6.45) is -0.789. The van der Waals surface area contributed by atoms with Gasteiger partial charge in [-0.1, -0.05) is 0 Å². The molecule has 188 valence electrons. The number of Topliss-reactive ketones (excluding diaryl/α,β-unsaturated/α-hetero) is 1. The number of aliphatic carboxylic acids is 1. The van der Waals surface area contributed by atoms with Crippen LogP contribution in [0.3, 0.4) is 0 Å². The predicted molar refractivity (Wildman–Crippen MR) is 108 cm³/mol. The van der Waals surface area contributed by atoms with Crippen molar-refractivity contribution in [3.63, 3.8) is 0 Å². The lowest BCUT2D eigenvalue weighted by Crippen LogP contribution is -2.46. The van der Waals surface area contributed by atoms with E-state index in [2.05, 4.69) is 14.8 Å². The first-order valence-corrected chi connectivity index (χ1v) is 9.48. The van der Waals surface area contributed by atoms with Gasteiger partial charge in [0, 0.05) is 12.3 Å². The van der Waals surface area contributed by atoms with Gasteiger partial charge in [-0.2, -0.15) is 8.78 Å². The third kappa shape index (κ3) is 7.02. The lowest BCUT2D eigenvalue weighted by Gasteiger charge is -2.17. The van der Waals surface area contributed by atoms with E-state index in [0.717, 1.165) is 17.9 Å². The first-order valence-electron chi connectivity index (χ1n) is 9.48. The number of halogens is 4. The summed E-state index contributed by atoms with van der Waals surface area (Å²) in [6.45, 7) is -1.98. The molecule has 2 amide bonds. The van der Waals surface area contributed by atoms with Crippen LogP contribution in [0.1, 0.15) is 6.42 Å². The number of carbonyl (C=O) groups is 4. The van der Waals surface area contributed by atoms with Crippen LogP contribution in [0.2, 0.25) is 0 Å². The molecule has 35 heavy (non-hydrogen) atoms. The molecule has 0 fully saturated rings. The molecule has 0 spiro atoms. The molecule has 0 aliphatic rings. The van der Waals surface area contributed by atoms with E-state index in [9.17, 15) is 41.5 Å². The smallest absolute Gasteiger partial charge is 0.411 e. The number of nitrogens with one attached hydrogen (secondary N) is 2. The number of rotatable bonds is 10. The molecule has 11 nitrogen and oxygen atoms in total. The van der Waals surface area contributed by atoms with Gasteiger partial charge in [0.1, 0.15) is 24.9 Å². The van der Waals surface area contributed by atoms with Crippen LogP contribution in [0.15, 0.2) is 29.2 Å². The minimum absolute atomic E-state index is 0.0789. The predicted octanol–water partition coefficient (Wildman–Crippen LogP) is 1.19. The largest absolute Gasteiger partial charge is 0.481 e. The van der Waals surface area contributed by atoms with E-state index in [1.165, 1.54) is 12.1 Å². The van der Waals surface area contributed by atoms with Gasteiger partial charge in [-0.25, -0.2) is 13.6 Å². The van der Waals surface area contributed by atoms with Gasteiger partial charge in [-0.3, -0.25) is 24.5 Å². The Morgan fingerprint density at radius 3 is 2.31 bits per heavy atom. The molecule has 2 aromatic rings. The molecule has 1 atom stereocenters. The van der Waals surface area contributed by atoms with Crippen LogP contribution in [0.5, 0.6) is 5.75 Å². The van der Waals surface area contributed by atoms with Crippen molar-refractivity contribution < 1.29 is 51.3 Å². The quantitative estimate of drug-likeness (QED) is 0.323. The fraction of sp³-hybridized carbons (Fsp3) is 0.250. The topological polar surface area (TPSA) is 153 Å². The fourth-order valence-electron chi connectivity index (χ4n) is 2.65. The molecule has 2 rings (SSSR count). The van der Waals surface area contributed by atoms with Crippen molar-refractivity contribution in [1.29, 1.82) is 0 Å². The molecule has 0 bridgehead atoms. The molecule has 1 aromatic heterocycles. The highest BCUT2D eigenvalue weighted by Gasteiger charge is 2.27. The van der Waals surface area contributed by atoms with Gasteiger partial charge in [-0.05, 0) is 12.1 Å². The van der Waals surface area contributed by atoms with Gasteiger partial charge in [0.05, 0.1) is 13.5 Å². The summed E-state index contributed by atoms with van der Waals surface area (Å²) in [5.41, 5.74) is -1.08. The lowest BCUT2D eigenvalue weighted by molar-refractivity contribution is -0.140. The van der Waals surface area contributed by atoms with Crippen molar-refractivity contribution in [3.8, 4) is 5.75 Å². The number of anilines is 1. The monoisotopic (exact) mass is 503 g/mol. The van der Waals surface area contributed by atoms with E-state index < -0.39 is 83.9 Å². The summed E-state index contributed by atoms with van der Waals surface area (Å²) in [4.78, 5) is 59.4. The summed E-state index contributed by atoms with van der Waals surface area (Å²) in [5, 5.41) is 13.1. The Kier molecular flexibility index (Phi) is 8.91. The highest BCUT2D eigenvalue weighted by molar-refractivity contribution is 5.92. The zero-order chi connectivity index (χ0) is 26.3. The Hall–Kier alpha value is -4.43. The number of ether oxygens (including phenoxy) is 2. The van der Waals surface area contributed by atoms with E-state index in [4.69, 9.17) is 5.11 Å². The minimum Gasteiger partial charge on any atom is -0.481 e. The van der Waals surface area contributed by atoms with Crippen molar-refractivity contribution in [2.75, 3.05) is 19.0 Å². The molecule has 0 saturated heterocycles. The molecule has 1 aromatic carbocycles. The normalized spacial score (nSPS) is 11.3. The second-order valence-electron chi connectivity index (χ2n) is 6.74. The first-order chi connectivity index (χ1) is 16.4. The number of benzene rings is 1. The van der Waals surface area contributed by atoms with Crippen molar-refractivity contribution in [3.05, 3.63) is 58.0 Å². The molecular weight excluding hydrogens is 486 g/mol. The van der Waals surface area contributed by atoms with Crippen LogP contribution in [-0.2, 0) is 25.7 Å². The van der Waals surface area contributed by atoms with Crippen LogP contribution < -0.4 is 20.9 Å². The van der Waals surface area contributed by atoms with Crippen LogP contribution in [0.4, 0.5) is 28.0 Å². The van der Waals surface area contributed by atoms with E-state index in [1.54, 1.807) is 0 Å². The molecule has 0 saturated carbocycles. The van der Waals surface area contributed by atoms with Crippen molar-refractivity contribution >= 4 is 29.4 Å². The number of aromatic nitrogens is 1. The van der Waals surface area contributed by atoms with E-state index >= 15 is 0 Å². The van der Waals surface area contributed by atoms with Crippen LogP contribution in [-0.4, -0.2) is 53.2 Å². The number of hydrogen-bond acceptors (Lipinski definition) is 7. The summed E-state index contributed by atoms with van der Waals surface area (Å²) < 4.78 is 63.6. The molecule has 15 heteroatoms. The second-order valence-corrected chi connectivity index (χ2v) is 6.74. The molecule has 1 unspecified atom stereocenters. The standard InChI is InChI=1S/C20H17F4N3O8/c1-34-20(33)26-11-3-2-4-27(19(11)32)7-14(29)25-12(6-15(30)31)13(28)8-35-18-16(23)9(21)5-10(22)17(18)24/h2-5,12H,6-8H2,1H3,(H,25,29)(H,26,33)(H,30,31). The Bertz CT molecular complexity index is 1190. The van der Waals surface area contributed by atoms with Gasteiger partial charge < -0.3 is 24.5 Å². The van der Waals surface area contributed by atoms with Crippen LogP contribution >= 0.6 is 0 Å². The first kappa shape index (κ1) is 26.8. The average Bonchev–Trinajstić information content (AvgIpc) is 2.79. The van der Waals surface area contributed by atoms with Gasteiger partial charge in [0.25, 0.3) is 5.56 Å². The van der Waals surface area contributed by atoms with Gasteiger partial charge in [0.2, 0.25) is 17.5 Å². The SMILES string of the molecule is COC(=O)Nc1cccn(CC(=O)NC(CC(=O)O)C(=O)COc2c(F)c(F)cc(F)c2F)c1=O. The number of ketones is 1. The summed E-state index contributed by atoms with van der Waals surface area (Å²) >= 11 is 0. The Labute approximate surface area is 193 Å². The molecule has 3 N–H and O–H groups in total. The summed E-state index contributed by atoms with van der Waals surface area (Å²) in [5.74, 6) is -12.8. The second kappa shape index (κ2) is 11.6. The number of amides is 2. The van der Waals surface area contributed by atoms with E-state index in [0.29, 0.717) is 0 Å². The number of carbonyl (C=O) groups excluding carboxylic acids is 3. The maximum atomic E-state index is 13.7. The van der Waals surface area contributed by atoms with Crippen LogP contribution in [0.25, 0.3) is 0 Å². The maximum Gasteiger partial charge on any atom is 0.411 e. The van der Waals surface area contributed by atoms with E-state index in [-0.39, 0.29) is 11.8 Å². The fourth-order valence-corrected chi connectivity index (χ4v) is 2.65. The summed E-state index contributed by atoms with van der Waals surface area (Å²) in [6, 6.07) is 0.644. The molecular formula is C20H17F4N3O8. The lowest BCUT2D eigenvalue weighted by atomic mass is 10.1. The third-order valence-electron chi connectivity index (χ3n) is 4.29. The minimum atomic E-state index is -1.92. The Morgan fingerprint density at radius 1 is 1.11 bits per heavy atom. The van der Waals surface area contributed by atoms with Gasteiger partial charge in [0.15, 0.2) is 23.2 Å². The van der Waals surface area contributed by atoms with Gasteiger partial charge >= 0.3 is 12.1 Å². The molecule has 0 radical (unpaired) electrons. The summed E-state index contributed by atoms with van der Waals surface area (Å²) in [7, 11) is 1.06. The molecule has 1 heterocycles. The Balaban J connectivity index is 2.13. The third-order valence-corrected chi connectivity index (χ3v) is 4.29. The molecule has 0 aliphatic heterocycles. The van der Waals surface area contributed by atoms with E-state index in [1.807, 2.05) is 5.32 Å². The zero-order valence-corrected chi connectivity index (χ0v) is 17.8. The average molecular weight is 503 g/mol. The van der Waals surface area contributed by atoms with Crippen molar-refractivity contribution in [1.82, 2.24) is 9.88 Å². The number of nitrogens with zero attached hydrogens (tertiary/aromatic N) is 1. The number of methoxy groups -OCH3 is 1. The van der Waals surface area contributed by atoms with Crippen LogP contribution in [0, 0.1) is 23.3 Å². The number of carboxylic acid groups (broad SMARTS) is 1. The number of carboxylic acids is 1. The van der Waals surface area contributed by atoms with Gasteiger partial charge in [-0.15, -0.1) is 0 Å².